The number of hydrogen-bond acceptors (Lipinski definition) is 7. The number of benzene rings is 2. The van der Waals surface area contributed by atoms with E-state index in [2.05, 4.69) is 20.6 Å². The van der Waals surface area contributed by atoms with Crippen LogP contribution in [-0.2, 0) is 0 Å². The van der Waals surface area contributed by atoms with Gasteiger partial charge in [-0.2, -0.15) is 4.52 Å². The van der Waals surface area contributed by atoms with E-state index in [4.69, 9.17) is 25.8 Å². The topological polar surface area (TPSA) is 99.9 Å². The summed E-state index contributed by atoms with van der Waals surface area (Å²) in [5.74, 6) is 1.62. The third-order valence-electron chi connectivity index (χ3n) is 4.64. The average Bonchev–Trinajstić information content (AvgIpc) is 3.24. The largest absolute Gasteiger partial charge is 0.497 e. The molecule has 164 valence electrons. The van der Waals surface area contributed by atoms with Crippen molar-refractivity contribution in [2.45, 2.75) is 0 Å². The molecule has 1 N–H and O–H groups in total. The van der Waals surface area contributed by atoms with Crippen LogP contribution < -0.4 is 19.5 Å². The van der Waals surface area contributed by atoms with Crippen LogP contribution in [0.5, 0.6) is 17.4 Å². The molecular formula is C22H20ClN5O4. The van der Waals surface area contributed by atoms with Crippen molar-refractivity contribution in [3.63, 3.8) is 0 Å². The molecule has 0 aliphatic carbocycles. The number of amides is 1. The Morgan fingerprint density at radius 1 is 1.06 bits per heavy atom. The number of aromatic nitrogens is 4. The van der Waals surface area contributed by atoms with Crippen molar-refractivity contribution in [3.8, 4) is 28.8 Å². The summed E-state index contributed by atoms with van der Waals surface area (Å²) in [6.45, 7) is 0.486. The first kappa shape index (κ1) is 21.4. The first-order chi connectivity index (χ1) is 15.6. The summed E-state index contributed by atoms with van der Waals surface area (Å²) in [5, 5.41) is 16.1. The molecule has 0 atom stereocenters. The molecule has 4 aromatic rings. The number of methoxy groups -OCH3 is 2. The first-order valence-electron chi connectivity index (χ1n) is 9.71. The highest BCUT2D eigenvalue weighted by Gasteiger charge is 2.14. The standard InChI is InChI=1S/C22H20ClN5O4/c1-30-14-7-8-16(18(13-14)31-2)22(29)24-11-12-32-20-10-9-19-25-26-21(28(19)27-20)15-5-3-4-6-17(15)23/h3-10,13H,11-12H2,1-2H3,(H,24,29). The normalized spacial score (nSPS) is 10.7. The molecule has 0 spiro atoms. The van der Waals surface area contributed by atoms with E-state index in [0.717, 1.165) is 0 Å². The number of hydrogen-bond donors (Lipinski definition) is 1. The van der Waals surface area contributed by atoms with Crippen molar-refractivity contribution in [1.29, 1.82) is 0 Å². The molecule has 4 rings (SSSR count). The van der Waals surface area contributed by atoms with Crippen LogP contribution in [0, 0.1) is 0 Å². The summed E-state index contributed by atoms with van der Waals surface area (Å²) >= 11 is 6.28. The van der Waals surface area contributed by atoms with Crippen LogP contribution >= 0.6 is 11.6 Å². The molecule has 10 heteroatoms. The fraction of sp³-hybridized carbons (Fsp3) is 0.182. The van der Waals surface area contributed by atoms with Crippen LogP contribution in [0.3, 0.4) is 0 Å². The van der Waals surface area contributed by atoms with Crippen molar-refractivity contribution in [2.24, 2.45) is 0 Å². The molecule has 0 aliphatic rings. The average molecular weight is 454 g/mol. The van der Waals surface area contributed by atoms with Crippen LogP contribution in [0.1, 0.15) is 10.4 Å². The van der Waals surface area contributed by atoms with E-state index in [1.54, 1.807) is 48.0 Å². The van der Waals surface area contributed by atoms with Gasteiger partial charge < -0.3 is 19.5 Å². The maximum absolute atomic E-state index is 12.5. The number of rotatable bonds is 8. The van der Waals surface area contributed by atoms with Gasteiger partial charge in [0.2, 0.25) is 5.88 Å². The van der Waals surface area contributed by atoms with Gasteiger partial charge in [-0.05, 0) is 30.3 Å². The predicted octanol–water partition coefficient (Wildman–Crippen LogP) is 3.27. The molecule has 2 aromatic carbocycles. The fourth-order valence-electron chi connectivity index (χ4n) is 3.06. The molecule has 0 radical (unpaired) electrons. The van der Waals surface area contributed by atoms with Gasteiger partial charge in [-0.25, -0.2) is 0 Å². The fourth-order valence-corrected chi connectivity index (χ4v) is 3.28. The zero-order chi connectivity index (χ0) is 22.5. The lowest BCUT2D eigenvalue weighted by Gasteiger charge is -2.11. The van der Waals surface area contributed by atoms with E-state index >= 15 is 0 Å². The zero-order valence-corrected chi connectivity index (χ0v) is 18.2. The van der Waals surface area contributed by atoms with Gasteiger partial charge in [-0.3, -0.25) is 4.79 Å². The summed E-state index contributed by atoms with van der Waals surface area (Å²) in [6.07, 6.45) is 0. The number of nitrogens with zero attached hydrogens (tertiary/aromatic N) is 4. The third kappa shape index (κ3) is 4.42. The van der Waals surface area contributed by atoms with Gasteiger partial charge >= 0.3 is 0 Å². The first-order valence-corrected chi connectivity index (χ1v) is 10.1. The van der Waals surface area contributed by atoms with Crippen LogP contribution in [0.25, 0.3) is 17.0 Å². The minimum absolute atomic E-state index is 0.215. The van der Waals surface area contributed by atoms with Gasteiger partial charge in [0.05, 0.1) is 31.4 Å². The molecule has 0 fully saturated rings. The highest BCUT2D eigenvalue weighted by atomic mass is 35.5. The number of carbonyl (C=O) groups is 1. The van der Waals surface area contributed by atoms with E-state index in [9.17, 15) is 4.79 Å². The number of fused-ring (bicyclic) bond motifs is 1. The molecule has 2 aromatic heterocycles. The van der Waals surface area contributed by atoms with Crippen molar-refractivity contribution in [2.75, 3.05) is 27.4 Å². The van der Waals surface area contributed by atoms with Gasteiger partial charge in [-0.15, -0.1) is 15.3 Å². The Labute approximate surface area is 188 Å². The maximum Gasteiger partial charge on any atom is 0.255 e. The Kier molecular flexibility index (Phi) is 6.37. The summed E-state index contributed by atoms with van der Waals surface area (Å²) in [4.78, 5) is 12.5. The summed E-state index contributed by atoms with van der Waals surface area (Å²) in [5.41, 5.74) is 1.68. The molecule has 0 aliphatic heterocycles. The second-order valence-corrected chi connectivity index (χ2v) is 7.02. The summed E-state index contributed by atoms with van der Waals surface area (Å²) < 4.78 is 17.7. The molecule has 0 saturated heterocycles. The van der Waals surface area contributed by atoms with Gasteiger partial charge in [0.25, 0.3) is 5.91 Å². The molecular weight excluding hydrogens is 434 g/mol. The second-order valence-electron chi connectivity index (χ2n) is 6.62. The number of halogens is 1. The maximum atomic E-state index is 12.5. The second kappa shape index (κ2) is 9.52. The van der Waals surface area contributed by atoms with Crippen molar-refractivity contribution in [1.82, 2.24) is 25.1 Å². The number of ether oxygens (including phenoxy) is 3. The zero-order valence-electron chi connectivity index (χ0n) is 17.4. The van der Waals surface area contributed by atoms with Crippen LogP contribution in [0.15, 0.2) is 54.6 Å². The minimum Gasteiger partial charge on any atom is -0.497 e. The summed E-state index contributed by atoms with van der Waals surface area (Å²) in [6, 6.07) is 15.8. The van der Waals surface area contributed by atoms with Crippen molar-refractivity contribution >= 4 is 23.2 Å². The Hall–Kier alpha value is -3.85. The smallest absolute Gasteiger partial charge is 0.255 e. The van der Waals surface area contributed by atoms with Crippen LogP contribution in [-0.4, -0.2) is 53.1 Å². The number of carbonyl (C=O) groups excluding carboxylic acids is 1. The van der Waals surface area contributed by atoms with Crippen molar-refractivity contribution < 1.29 is 19.0 Å². The van der Waals surface area contributed by atoms with Crippen LogP contribution in [0.2, 0.25) is 5.02 Å². The predicted molar refractivity (Wildman–Crippen MR) is 119 cm³/mol. The molecule has 0 unspecified atom stereocenters. The number of nitrogens with one attached hydrogen (secondary N) is 1. The van der Waals surface area contributed by atoms with Crippen LogP contribution in [0.4, 0.5) is 0 Å². The Balaban J connectivity index is 1.40. The minimum atomic E-state index is -0.281. The lowest BCUT2D eigenvalue weighted by atomic mass is 10.1. The molecule has 32 heavy (non-hydrogen) atoms. The van der Waals surface area contributed by atoms with Gasteiger partial charge in [0.15, 0.2) is 11.5 Å². The molecule has 0 saturated carbocycles. The van der Waals surface area contributed by atoms with E-state index in [0.29, 0.717) is 45.0 Å². The van der Waals surface area contributed by atoms with Gasteiger partial charge in [-0.1, -0.05) is 23.7 Å². The molecule has 9 nitrogen and oxygen atoms in total. The Bertz CT molecular complexity index is 1260. The highest BCUT2D eigenvalue weighted by Crippen LogP contribution is 2.26. The lowest BCUT2D eigenvalue weighted by molar-refractivity contribution is 0.0943. The lowest BCUT2D eigenvalue weighted by Crippen LogP contribution is -2.28. The van der Waals surface area contributed by atoms with E-state index in [1.165, 1.54) is 7.11 Å². The molecule has 2 heterocycles. The van der Waals surface area contributed by atoms with Gasteiger partial charge in [0.1, 0.15) is 18.1 Å². The monoisotopic (exact) mass is 453 g/mol. The highest BCUT2D eigenvalue weighted by molar-refractivity contribution is 6.33. The van der Waals surface area contributed by atoms with E-state index in [-0.39, 0.29) is 19.1 Å². The van der Waals surface area contributed by atoms with E-state index in [1.807, 2.05) is 18.2 Å². The molecule has 1 amide bonds. The summed E-state index contributed by atoms with van der Waals surface area (Å²) in [7, 11) is 3.05. The van der Waals surface area contributed by atoms with Gasteiger partial charge in [0, 0.05) is 17.7 Å². The quantitative estimate of drug-likeness (QED) is 0.409. The van der Waals surface area contributed by atoms with Crippen molar-refractivity contribution in [3.05, 3.63) is 65.2 Å². The SMILES string of the molecule is COc1ccc(C(=O)NCCOc2ccc3nnc(-c4ccccc4Cl)n3n2)c(OC)c1. The Morgan fingerprint density at radius 2 is 1.91 bits per heavy atom. The molecule has 0 bridgehead atoms. The van der Waals surface area contributed by atoms with E-state index < -0.39 is 0 Å². The third-order valence-corrected chi connectivity index (χ3v) is 4.97. The Morgan fingerprint density at radius 3 is 2.69 bits per heavy atom.